The molecule has 0 saturated carbocycles. The van der Waals surface area contributed by atoms with E-state index in [0.717, 1.165) is 50.8 Å². The van der Waals surface area contributed by atoms with Crippen LogP contribution in [0.15, 0.2) is 182 Å². The lowest BCUT2D eigenvalue weighted by molar-refractivity contribution is 1.14. The van der Waals surface area contributed by atoms with E-state index in [1.165, 1.54) is 10.8 Å². The average molecular weight is 579 g/mol. The SMILES string of the molecule is c1ccc(N(c2ccccc2)c2ccc(N(c3ccccc3)c3ccc4c(c3)c3ccccc3n4-c3cccnc3)cc2)cc1. The maximum atomic E-state index is 4.40. The number of rotatable bonds is 7. The quantitative estimate of drug-likeness (QED) is 0.188. The van der Waals surface area contributed by atoms with Crippen molar-refractivity contribution >= 4 is 55.9 Å². The third kappa shape index (κ3) is 4.89. The first kappa shape index (κ1) is 26.5. The molecule has 6 aromatic carbocycles. The van der Waals surface area contributed by atoms with Crippen molar-refractivity contribution < 1.29 is 0 Å². The molecule has 8 rings (SSSR count). The van der Waals surface area contributed by atoms with Crippen molar-refractivity contribution in [2.45, 2.75) is 0 Å². The van der Waals surface area contributed by atoms with Gasteiger partial charge in [0, 0.05) is 51.1 Å². The Morgan fingerprint density at radius 2 is 0.844 bits per heavy atom. The Morgan fingerprint density at radius 1 is 0.378 bits per heavy atom. The van der Waals surface area contributed by atoms with Crippen LogP contribution < -0.4 is 9.80 Å². The van der Waals surface area contributed by atoms with E-state index < -0.39 is 0 Å². The summed E-state index contributed by atoms with van der Waals surface area (Å²) in [5.41, 5.74) is 9.97. The van der Waals surface area contributed by atoms with Crippen LogP contribution >= 0.6 is 0 Å². The summed E-state index contributed by atoms with van der Waals surface area (Å²) >= 11 is 0. The Kier molecular flexibility index (Phi) is 6.78. The van der Waals surface area contributed by atoms with Gasteiger partial charge in [-0.3, -0.25) is 4.98 Å². The molecule has 0 fully saturated rings. The van der Waals surface area contributed by atoms with Gasteiger partial charge in [-0.15, -0.1) is 0 Å². The molecule has 4 heteroatoms. The minimum atomic E-state index is 1.05. The Morgan fingerprint density at radius 3 is 1.40 bits per heavy atom. The smallest absolute Gasteiger partial charge is 0.0645 e. The van der Waals surface area contributed by atoms with Crippen LogP contribution in [-0.2, 0) is 0 Å². The maximum Gasteiger partial charge on any atom is 0.0645 e. The number of aromatic nitrogens is 2. The lowest BCUT2D eigenvalue weighted by Gasteiger charge is -2.28. The average Bonchev–Trinajstić information content (AvgIpc) is 3.45. The molecule has 2 aromatic heterocycles. The Hall–Kier alpha value is -6.13. The first-order valence-electron chi connectivity index (χ1n) is 15.1. The van der Waals surface area contributed by atoms with Crippen LogP contribution in [0.3, 0.4) is 0 Å². The van der Waals surface area contributed by atoms with Crippen molar-refractivity contribution in [3.05, 3.63) is 182 Å². The van der Waals surface area contributed by atoms with E-state index in [1.54, 1.807) is 0 Å². The second kappa shape index (κ2) is 11.5. The molecule has 4 nitrogen and oxygen atoms in total. The maximum absolute atomic E-state index is 4.40. The van der Waals surface area contributed by atoms with Crippen LogP contribution in [0.5, 0.6) is 0 Å². The second-order valence-corrected chi connectivity index (χ2v) is 11.0. The molecule has 8 aromatic rings. The highest BCUT2D eigenvalue weighted by atomic mass is 15.2. The van der Waals surface area contributed by atoms with Gasteiger partial charge in [0.2, 0.25) is 0 Å². The number of hydrogen-bond acceptors (Lipinski definition) is 3. The molecule has 0 aliphatic rings. The van der Waals surface area contributed by atoms with Gasteiger partial charge in [-0.25, -0.2) is 0 Å². The van der Waals surface area contributed by atoms with Crippen LogP contribution in [0.25, 0.3) is 27.5 Å². The van der Waals surface area contributed by atoms with E-state index in [1.807, 2.05) is 18.5 Å². The lowest BCUT2D eigenvalue weighted by Crippen LogP contribution is -2.12. The van der Waals surface area contributed by atoms with Gasteiger partial charge < -0.3 is 14.4 Å². The summed E-state index contributed by atoms with van der Waals surface area (Å²) in [5.74, 6) is 0. The van der Waals surface area contributed by atoms with Crippen molar-refractivity contribution in [3.63, 3.8) is 0 Å². The van der Waals surface area contributed by atoms with E-state index in [2.05, 4.69) is 183 Å². The number of fused-ring (bicyclic) bond motifs is 3. The van der Waals surface area contributed by atoms with E-state index in [0.29, 0.717) is 0 Å². The zero-order chi connectivity index (χ0) is 30.0. The number of nitrogens with zero attached hydrogens (tertiary/aromatic N) is 4. The van der Waals surface area contributed by atoms with Crippen molar-refractivity contribution in [1.29, 1.82) is 0 Å². The summed E-state index contributed by atoms with van der Waals surface area (Å²) in [5, 5.41) is 2.41. The largest absolute Gasteiger partial charge is 0.311 e. The zero-order valence-corrected chi connectivity index (χ0v) is 24.6. The number of benzene rings is 6. The summed E-state index contributed by atoms with van der Waals surface area (Å²) in [6, 6.07) is 59.9. The molecule has 214 valence electrons. The van der Waals surface area contributed by atoms with Gasteiger partial charge in [-0.2, -0.15) is 0 Å². The highest BCUT2D eigenvalue weighted by Crippen LogP contribution is 2.41. The van der Waals surface area contributed by atoms with Gasteiger partial charge in [-0.05, 0) is 97.1 Å². The van der Waals surface area contributed by atoms with Gasteiger partial charge >= 0.3 is 0 Å². The Bertz CT molecular complexity index is 2150. The Balaban J connectivity index is 1.26. The highest BCUT2D eigenvalue weighted by Gasteiger charge is 2.18. The summed E-state index contributed by atoms with van der Waals surface area (Å²) in [6.45, 7) is 0. The standard InChI is InChI=1S/C41H30N4/c1-4-13-31(14-5-1)43(32-15-6-2-7-16-32)34-22-24-35(25-23-34)44(33-17-8-3-9-18-33)36-26-27-41-39(29-36)38-20-10-11-21-40(38)45(41)37-19-12-28-42-30-37/h1-30H. The van der Waals surface area contributed by atoms with Crippen LogP contribution in [0.1, 0.15) is 0 Å². The molecular weight excluding hydrogens is 548 g/mol. The summed E-state index contributed by atoms with van der Waals surface area (Å²) in [6.07, 6.45) is 3.74. The minimum Gasteiger partial charge on any atom is -0.311 e. The van der Waals surface area contributed by atoms with E-state index in [9.17, 15) is 0 Å². The molecular formula is C41H30N4. The van der Waals surface area contributed by atoms with Gasteiger partial charge in [-0.1, -0.05) is 72.8 Å². The van der Waals surface area contributed by atoms with Gasteiger partial charge in [0.05, 0.1) is 22.9 Å². The predicted octanol–water partition coefficient (Wildman–Crippen LogP) is 11.1. The van der Waals surface area contributed by atoms with Gasteiger partial charge in [0.15, 0.2) is 0 Å². The normalized spacial score (nSPS) is 11.1. The predicted molar refractivity (Wildman–Crippen MR) is 188 cm³/mol. The summed E-state index contributed by atoms with van der Waals surface area (Å²) in [4.78, 5) is 9.02. The molecule has 2 heterocycles. The fraction of sp³-hybridized carbons (Fsp3) is 0. The van der Waals surface area contributed by atoms with Crippen LogP contribution in [0.4, 0.5) is 34.1 Å². The summed E-state index contributed by atoms with van der Waals surface area (Å²) in [7, 11) is 0. The lowest BCUT2D eigenvalue weighted by atomic mass is 10.1. The number of pyridine rings is 1. The van der Waals surface area contributed by atoms with Crippen LogP contribution in [-0.4, -0.2) is 9.55 Å². The molecule has 0 N–H and O–H groups in total. The van der Waals surface area contributed by atoms with Crippen molar-refractivity contribution in [1.82, 2.24) is 9.55 Å². The highest BCUT2D eigenvalue weighted by molar-refractivity contribution is 6.10. The topological polar surface area (TPSA) is 24.3 Å². The molecule has 0 atom stereocenters. The zero-order valence-electron chi connectivity index (χ0n) is 24.6. The van der Waals surface area contributed by atoms with Gasteiger partial charge in [0.1, 0.15) is 0 Å². The van der Waals surface area contributed by atoms with E-state index >= 15 is 0 Å². The fourth-order valence-electron chi connectivity index (χ4n) is 6.24. The molecule has 0 spiro atoms. The third-order valence-electron chi connectivity index (χ3n) is 8.23. The van der Waals surface area contributed by atoms with E-state index in [-0.39, 0.29) is 0 Å². The molecule has 0 amide bonds. The molecule has 0 saturated heterocycles. The Labute approximate surface area is 262 Å². The third-order valence-corrected chi connectivity index (χ3v) is 8.23. The number of hydrogen-bond donors (Lipinski definition) is 0. The van der Waals surface area contributed by atoms with Crippen molar-refractivity contribution in [2.75, 3.05) is 9.80 Å². The molecule has 0 aliphatic carbocycles. The second-order valence-electron chi connectivity index (χ2n) is 11.0. The van der Waals surface area contributed by atoms with Crippen LogP contribution in [0, 0.1) is 0 Å². The molecule has 0 unspecified atom stereocenters. The van der Waals surface area contributed by atoms with E-state index in [4.69, 9.17) is 0 Å². The molecule has 0 bridgehead atoms. The molecule has 45 heavy (non-hydrogen) atoms. The van der Waals surface area contributed by atoms with Crippen LogP contribution in [0.2, 0.25) is 0 Å². The molecule has 0 aliphatic heterocycles. The number of anilines is 6. The van der Waals surface area contributed by atoms with Crippen molar-refractivity contribution in [2.24, 2.45) is 0 Å². The minimum absolute atomic E-state index is 1.05. The van der Waals surface area contributed by atoms with Crippen molar-refractivity contribution in [3.8, 4) is 5.69 Å². The summed E-state index contributed by atoms with van der Waals surface area (Å²) < 4.78 is 2.30. The monoisotopic (exact) mass is 578 g/mol. The first-order valence-corrected chi connectivity index (χ1v) is 15.1. The fourth-order valence-corrected chi connectivity index (χ4v) is 6.24. The van der Waals surface area contributed by atoms with Gasteiger partial charge in [0.25, 0.3) is 0 Å². The number of para-hydroxylation sites is 4. The first-order chi connectivity index (χ1) is 22.3. The molecule has 0 radical (unpaired) electrons.